The molecular weight excluding hydrogens is 276 g/mol. The molecule has 116 valence electrons. The van der Waals surface area contributed by atoms with E-state index in [4.69, 9.17) is 9.47 Å². The van der Waals surface area contributed by atoms with Gasteiger partial charge in [-0.25, -0.2) is 0 Å². The number of ether oxygens (including phenoxy) is 2. The molecule has 22 heavy (non-hydrogen) atoms. The lowest BCUT2D eigenvalue weighted by Crippen LogP contribution is -2.11. The summed E-state index contributed by atoms with van der Waals surface area (Å²) in [4.78, 5) is 11.2. The molecule has 0 unspecified atom stereocenters. The van der Waals surface area contributed by atoms with Crippen LogP contribution in [0.2, 0.25) is 0 Å². The molecule has 2 rings (SSSR count). The Labute approximate surface area is 131 Å². The van der Waals surface area contributed by atoms with Gasteiger partial charge in [-0.3, -0.25) is 4.79 Å². The van der Waals surface area contributed by atoms with Gasteiger partial charge in [0.25, 0.3) is 0 Å². The Hall–Kier alpha value is -2.29. The molecule has 0 heterocycles. The summed E-state index contributed by atoms with van der Waals surface area (Å²) in [5, 5.41) is 0. The van der Waals surface area contributed by atoms with Crippen molar-refractivity contribution in [2.45, 2.75) is 26.7 Å². The van der Waals surface area contributed by atoms with Crippen molar-refractivity contribution in [1.29, 1.82) is 0 Å². The Morgan fingerprint density at radius 3 is 2.09 bits per heavy atom. The van der Waals surface area contributed by atoms with Crippen LogP contribution in [-0.4, -0.2) is 19.2 Å². The highest BCUT2D eigenvalue weighted by molar-refractivity contribution is 5.69. The quantitative estimate of drug-likeness (QED) is 0.562. The topological polar surface area (TPSA) is 35.5 Å². The first-order chi connectivity index (χ1) is 10.7. The van der Waals surface area contributed by atoms with Crippen LogP contribution in [0.25, 0.3) is 11.1 Å². The van der Waals surface area contributed by atoms with Gasteiger partial charge < -0.3 is 9.47 Å². The van der Waals surface area contributed by atoms with Crippen molar-refractivity contribution in [2.75, 3.05) is 13.2 Å². The molecule has 3 nitrogen and oxygen atoms in total. The average Bonchev–Trinajstić information content (AvgIpc) is 2.53. The summed E-state index contributed by atoms with van der Waals surface area (Å²) < 4.78 is 10.6. The molecular formula is C19H22O3. The molecule has 0 radical (unpaired) electrons. The van der Waals surface area contributed by atoms with Gasteiger partial charge in [-0.2, -0.15) is 0 Å². The average molecular weight is 298 g/mol. The highest BCUT2D eigenvalue weighted by atomic mass is 16.6. The van der Waals surface area contributed by atoms with Crippen LogP contribution in [0.15, 0.2) is 48.5 Å². The summed E-state index contributed by atoms with van der Waals surface area (Å²) >= 11 is 0. The lowest BCUT2D eigenvalue weighted by atomic mass is 10.0. The maximum absolute atomic E-state index is 11.2. The number of benzene rings is 2. The van der Waals surface area contributed by atoms with E-state index in [0.717, 1.165) is 17.7 Å². The van der Waals surface area contributed by atoms with Crippen LogP contribution >= 0.6 is 0 Å². The van der Waals surface area contributed by atoms with Crippen LogP contribution < -0.4 is 4.74 Å². The molecule has 2 aromatic rings. The molecule has 0 aliphatic rings. The van der Waals surface area contributed by atoms with Gasteiger partial charge in [0.05, 0.1) is 0 Å². The van der Waals surface area contributed by atoms with Gasteiger partial charge in [0.15, 0.2) is 0 Å². The molecule has 0 amide bonds. The molecule has 0 saturated heterocycles. The highest BCUT2D eigenvalue weighted by Gasteiger charge is 2.01. The summed E-state index contributed by atoms with van der Waals surface area (Å²) in [5.74, 6) is 0.614. The number of hydrogen-bond acceptors (Lipinski definition) is 3. The molecule has 0 saturated carbocycles. The van der Waals surface area contributed by atoms with E-state index in [2.05, 4.69) is 31.2 Å². The number of carbonyl (C=O) groups excluding carboxylic acids is 1. The largest absolute Gasteiger partial charge is 0.490 e. The third-order valence-electron chi connectivity index (χ3n) is 3.31. The van der Waals surface area contributed by atoms with Crippen LogP contribution in [0, 0.1) is 6.92 Å². The Morgan fingerprint density at radius 2 is 1.50 bits per heavy atom. The van der Waals surface area contributed by atoms with E-state index in [-0.39, 0.29) is 5.97 Å². The summed E-state index contributed by atoms with van der Waals surface area (Å²) in [6, 6.07) is 16.4. The summed E-state index contributed by atoms with van der Waals surface area (Å²) in [6.07, 6.45) is 1.27. The van der Waals surface area contributed by atoms with Crippen molar-refractivity contribution in [3.8, 4) is 16.9 Å². The fourth-order valence-electron chi connectivity index (χ4n) is 2.08. The van der Waals surface area contributed by atoms with Crippen LogP contribution in [0.5, 0.6) is 5.75 Å². The normalized spacial score (nSPS) is 10.3. The monoisotopic (exact) mass is 298 g/mol. The second-order valence-electron chi connectivity index (χ2n) is 5.21. The summed E-state index contributed by atoms with van der Waals surface area (Å²) in [6.45, 7) is 4.69. The van der Waals surface area contributed by atoms with E-state index < -0.39 is 0 Å². The maximum Gasteiger partial charge on any atom is 0.305 e. The highest BCUT2D eigenvalue weighted by Crippen LogP contribution is 2.22. The predicted octanol–water partition coefficient (Wildman–Crippen LogP) is 4.38. The zero-order valence-electron chi connectivity index (χ0n) is 13.2. The van der Waals surface area contributed by atoms with Crippen molar-refractivity contribution in [2.24, 2.45) is 0 Å². The lowest BCUT2D eigenvalue weighted by Gasteiger charge is -2.08. The van der Waals surface area contributed by atoms with Crippen molar-refractivity contribution in [3.63, 3.8) is 0 Å². The zero-order valence-corrected chi connectivity index (χ0v) is 13.2. The molecule has 0 aliphatic heterocycles. The van der Waals surface area contributed by atoms with Crippen LogP contribution in [0.3, 0.4) is 0 Å². The van der Waals surface area contributed by atoms with Crippen molar-refractivity contribution < 1.29 is 14.3 Å². The van der Waals surface area contributed by atoms with Crippen molar-refractivity contribution in [3.05, 3.63) is 54.1 Å². The Kier molecular flexibility index (Phi) is 6.01. The smallest absolute Gasteiger partial charge is 0.305 e. The Balaban J connectivity index is 1.82. The molecule has 0 bridgehead atoms. The SMILES string of the molecule is CCCC(=O)OCCOc1ccc(-c2ccc(C)cc2)cc1. The van der Waals surface area contributed by atoms with E-state index in [0.29, 0.717) is 19.6 Å². The summed E-state index contributed by atoms with van der Waals surface area (Å²) in [7, 11) is 0. The second-order valence-corrected chi connectivity index (χ2v) is 5.21. The number of esters is 1. The molecule has 2 aromatic carbocycles. The minimum absolute atomic E-state index is 0.166. The van der Waals surface area contributed by atoms with Gasteiger partial charge >= 0.3 is 5.97 Å². The number of rotatable bonds is 7. The van der Waals surface area contributed by atoms with E-state index in [9.17, 15) is 4.79 Å². The fourth-order valence-corrected chi connectivity index (χ4v) is 2.08. The first kappa shape index (κ1) is 16.1. The first-order valence-corrected chi connectivity index (χ1v) is 7.64. The van der Waals surface area contributed by atoms with E-state index >= 15 is 0 Å². The molecule has 0 spiro atoms. The third-order valence-corrected chi connectivity index (χ3v) is 3.31. The molecule has 0 N–H and O–H groups in total. The van der Waals surface area contributed by atoms with Gasteiger partial charge in [-0.1, -0.05) is 48.9 Å². The molecule has 0 atom stereocenters. The maximum atomic E-state index is 11.2. The predicted molar refractivity (Wildman–Crippen MR) is 88.0 cm³/mol. The Bertz CT molecular complexity index is 585. The van der Waals surface area contributed by atoms with Crippen LogP contribution in [0.4, 0.5) is 0 Å². The van der Waals surface area contributed by atoms with Crippen molar-refractivity contribution in [1.82, 2.24) is 0 Å². The van der Waals surface area contributed by atoms with Crippen molar-refractivity contribution >= 4 is 5.97 Å². The number of carbonyl (C=O) groups is 1. The molecule has 0 fully saturated rings. The van der Waals surface area contributed by atoms with Gasteiger partial charge in [0, 0.05) is 6.42 Å². The molecule has 0 aliphatic carbocycles. The molecule has 3 heteroatoms. The van der Waals surface area contributed by atoms with Gasteiger partial charge in [-0.15, -0.1) is 0 Å². The summed E-state index contributed by atoms with van der Waals surface area (Å²) in [5.41, 5.74) is 3.59. The zero-order chi connectivity index (χ0) is 15.8. The molecule has 0 aromatic heterocycles. The first-order valence-electron chi connectivity index (χ1n) is 7.64. The van der Waals surface area contributed by atoms with Gasteiger partial charge in [0.2, 0.25) is 0 Å². The number of aryl methyl sites for hydroxylation is 1. The Morgan fingerprint density at radius 1 is 0.909 bits per heavy atom. The minimum Gasteiger partial charge on any atom is -0.490 e. The minimum atomic E-state index is -0.166. The van der Waals surface area contributed by atoms with Gasteiger partial charge in [-0.05, 0) is 36.6 Å². The lowest BCUT2D eigenvalue weighted by molar-refractivity contribution is -0.144. The van der Waals surface area contributed by atoms with E-state index in [1.807, 2.05) is 31.2 Å². The fraction of sp³-hybridized carbons (Fsp3) is 0.316. The van der Waals surface area contributed by atoms with Crippen LogP contribution in [0.1, 0.15) is 25.3 Å². The number of hydrogen-bond donors (Lipinski definition) is 0. The van der Waals surface area contributed by atoms with Gasteiger partial charge in [0.1, 0.15) is 19.0 Å². The van der Waals surface area contributed by atoms with E-state index in [1.165, 1.54) is 11.1 Å². The standard InChI is InChI=1S/C19H22O3/c1-3-4-19(20)22-14-13-21-18-11-9-17(10-12-18)16-7-5-15(2)6-8-16/h5-12H,3-4,13-14H2,1-2H3. The van der Waals surface area contributed by atoms with Crippen LogP contribution in [-0.2, 0) is 9.53 Å². The van der Waals surface area contributed by atoms with E-state index in [1.54, 1.807) is 0 Å². The second kappa shape index (κ2) is 8.23. The third kappa shape index (κ3) is 4.92.